The van der Waals surface area contributed by atoms with E-state index in [1.165, 1.54) is 18.2 Å². The van der Waals surface area contributed by atoms with Crippen LogP contribution in [0.25, 0.3) is 16.7 Å². The van der Waals surface area contributed by atoms with Crippen LogP contribution in [0.5, 0.6) is 0 Å². The lowest BCUT2D eigenvalue weighted by molar-refractivity contribution is -0.142. The van der Waals surface area contributed by atoms with Gasteiger partial charge in [-0.05, 0) is 59.1 Å². The lowest BCUT2D eigenvalue weighted by atomic mass is 10.1. The fourth-order valence-corrected chi connectivity index (χ4v) is 2.65. The summed E-state index contributed by atoms with van der Waals surface area (Å²) in [5, 5.41) is 0. The largest absolute Gasteiger partial charge is 0.451 e. The highest BCUT2D eigenvalue weighted by Gasteiger charge is 2.15. The number of aromatic nitrogens is 3. The molecule has 2 aromatic heterocycles. The van der Waals surface area contributed by atoms with Gasteiger partial charge in [-0.2, -0.15) is 0 Å². The number of carbonyl (C=O) groups is 1. The smallest absolute Gasteiger partial charge is 0.331 e. The fourth-order valence-electron chi connectivity index (χ4n) is 2.32. The third kappa shape index (κ3) is 4.11. The Morgan fingerprint density at radius 1 is 1.36 bits per heavy atom. The average molecular weight is 404 g/mol. The number of rotatable bonds is 4. The van der Waals surface area contributed by atoms with Gasteiger partial charge in [-0.25, -0.2) is 19.2 Å². The SMILES string of the molecule is CC(=CC(=O)OC(C)c1nc2ncc(Br)cc2[nH]1)c1ccc(F)cc1. The molecule has 5 nitrogen and oxygen atoms in total. The Morgan fingerprint density at radius 2 is 2.08 bits per heavy atom. The minimum atomic E-state index is -0.558. The molecule has 0 aliphatic carbocycles. The Labute approximate surface area is 152 Å². The lowest BCUT2D eigenvalue weighted by Gasteiger charge is -2.09. The van der Waals surface area contributed by atoms with E-state index in [9.17, 15) is 9.18 Å². The van der Waals surface area contributed by atoms with Crippen LogP contribution in [0.3, 0.4) is 0 Å². The van der Waals surface area contributed by atoms with E-state index >= 15 is 0 Å². The van der Waals surface area contributed by atoms with Crippen LogP contribution in [0.2, 0.25) is 0 Å². The maximum absolute atomic E-state index is 13.0. The third-order valence-electron chi connectivity index (χ3n) is 3.63. The highest BCUT2D eigenvalue weighted by Crippen LogP contribution is 2.21. The topological polar surface area (TPSA) is 67.9 Å². The van der Waals surface area contributed by atoms with Gasteiger partial charge in [0.05, 0.1) is 5.52 Å². The molecular formula is C18H15BrFN3O2. The second-order valence-corrected chi connectivity index (χ2v) is 6.48. The zero-order valence-electron chi connectivity index (χ0n) is 13.6. The van der Waals surface area contributed by atoms with Gasteiger partial charge in [0.15, 0.2) is 11.8 Å². The Hall–Kier alpha value is -2.54. The number of carbonyl (C=O) groups excluding carboxylic acids is 1. The molecular weight excluding hydrogens is 389 g/mol. The van der Waals surface area contributed by atoms with Crippen LogP contribution in [0.1, 0.15) is 31.3 Å². The number of H-pyrrole nitrogens is 1. The summed E-state index contributed by atoms with van der Waals surface area (Å²) in [4.78, 5) is 23.7. The number of imidazole rings is 1. The van der Waals surface area contributed by atoms with Gasteiger partial charge in [0, 0.05) is 16.7 Å². The molecule has 128 valence electrons. The van der Waals surface area contributed by atoms with Crippen molar-refractivity contribution >= 4 is 38.6 Å². The number of ether oxygens (including phenoxy) is 1. The van der Waals surface area contributed by atoms with E-state index in [1.807, 2.05) is 6.07 Å². The molecule has 3 rings (SSSR count). The van der Waals surface area contributed by atoms with E-state index in [0.717, 1.165) is 15.6 Å². The zero-order chi connectivity index (χ0) is 18.0. The Morgan fingerprint density at radius 3 is 2.80 bits per heavy atom. The van der Waals surface area contributed by atoms with Gasteiger partial charge >= 0.3 is 5.97 Å². The number of allylic oxidation sites excluding steroid dienone is 1. The third-order valence-corrected chi connectivity index (χ3v) is 4.07. The van der Waals surface area contributed by atoms with Crippen molar-refractivity contribution in [2.24, 2.45) is 0 Å². The van der Waals surface area contributed by atoms with Crippen LogP contribution in [-0.4, -0.2) is 20.9 Å². The van der Waals surface area contributed by atoms with Gasteiger partial charge in [0.1, 0.15) is 11.6 Å². The first-order valence-electron chi connectivity index (χ1n) is 7.58. The van der Waals surface area contributed by atoms with Crippen molar-refractivity contribution in [1.82, 2.24) is 15.0 Å². The molecule has 0 aliphatic heterocycles. The number of hydrogen-bond donors (Lipinski definition) is 1. The standard InChI is InChI=1S/C18H15BrFN3O2/c1-10(12-3-5-14(20)6-4-12)7-16(24)25-11(2)17-22-15-8-13(19)9-21-18(15)23-17/h3-9,11H,1-2H3,(H,21,22,23). The summed E-state index contributed by atoms with van der Waals surface area (Å²) in [5.41, 5.74) is 2.75. The molecule has 25 heavy (non-hydrogen) atoms. The van der Waals surface area contributed by atoms with E-state index in [4.69, 9.17) is 4.74 Å². The van der Waals surface area contributed by atoms with Gasteiger partial charge in [-0.3, -0.25) is 0 Å². The van der Waals surface area contributed by atoms with Crippen molar-refractivity contribution in [2.45, 2.75) is 20.0 Å². The molecule has 0 radical (unpaired) electrons. The minimum Gasteiger partial charge on any atom is -0.451 e. The summed E-state index contributed by atoms with van der Waals surface area (Å²) in [6, 6.07) is 7.77. The number of aromatic amines is 1. The van der Waals surface area contributed by atoms with E-state index in [1.54, 1.807) is 32.2 Å². The molecule has 7 heteroatoms. The monoisotopic (exact) mass is 403 g/mol. The number of fused-ring (bicyclic) bond motifs is 1. The molecule has 0 aliphatic rings. The molecule has 0 spiro atoms. The molecule has 0 fully saturated rings. The normalized spacial score (nSPS) is 13.0. The molecule has 1 aromatic carbocycles. The molecule has 1 N–H and O–H groups in total. The second-order valence-electron chi connectivity index (χ2n) is 5.56. The molecule has 0 saturated heterocycles. The summed E-state index contributed by atoms with van der Waals surface area (Å²) < 4.78 is 19.2. The first kappa shape index (κ1) is 17.3. The number of pyridine rings is 1. The summed E-state index contributed by atoms with van der Waals surface area (Å²) >= 11 is 3.35. The number of nitrogens with one attached hydrogen (secondary N) is 1. The summed E-state index contributed by atoms with van der Waals surface area (Å²) in [6.07, 6.45) is 2.47. The highest BCUT2D eigenvalue weighted by molar-refractivity contribution is 9.10. The Bertz CT molecular complexity index is 951. The predicted molar refractivity (Wildman–Crippen MR) is 96.1 cm³/mol. The van der Waals surface area contributed by atoms with Crippen molar-refractivity contribution in [3.63, 3.8) is 0 Å². The van der Waals surface area contributed by atoms with Crippen LogP contribution in [0.4, 0.5) is 4.39 Å². The van der Waals surface area contributed by atoms with E-state index in [2.05, 4.69) is 30.9 Å². The average Bonchev–Trinajstić information content (AvgIpc) is 2.98. The Balaban J connectivity index is 1.72. The number of esters is 1. The maximum atomic E-state index is 13.0. The van der Waals surface area contributed by atoms with Crippen LogP contribution in [-0.2, 0) is 9.53 Å². The van der Waals surface area contributed by atoms with Crippen LogP contribution in [0.15, 0.2) is 47.1 Å². The van der Waals surface area contributed by atoms with E-state index in [0.29, 0.717) is 17.0 Å². The Kier molecular flexibility index (Phi) is 4.94. The van der Waals surface area contributed by atoms with Crippen molar-refractivity contribution in [3.05, 3.63) is 64.3 Å². The first-order chi connectivity index (χ1) is 11.9. The molecule has 0 amide bonds. The molecule has 2 heterocycles. The van der Waals surface area contributed by atoms with Crippen LogP contribution in [0, 0.1) is 5.82 Å². The molecule has 3 aromatic rings. The summed E-state index contributed by atoms with van der Waals surface area (Å²) in [7, 11) is 0. The predicted octanol–water partition coefficient (Wildman–Crippen LogP) is 4.57. The van der Waals surface area contributed by atoms with Gasteiger partial charge in [-0.1, -0.05) is 12.1 Å². The number of nitrogens with zero attached hydrogens (tertiary/aromatic N) is 2. The fraction of sp³-hybridized carbons (Fsp3) is 0.167. The van der Waals surface area contributed by atoms with Gasteiger partial charge < -0.3 is 9.72 Å². The number of halogens is 2. The van der Waals surface area contributed by atoms with Crippen LogP contribution >= 0.6 is 15.9 Å². The van der Waals surface area contributed by atoms with Crippen LogP contribution < -0.4 is 0 Å². The summed E-state index contributed by atoms with van der Waals surface area (Å²) in [5.74, 6) is -0.302. The van der Waals surface area contributed by atoms with Gasteiger partial charge in [-0.15, -0.1) is 0 Å². The van der Waals surface area contributed by atoms with Gasteiger partial charge in [0.2, 0.25) is 0 Å². The first-order valence-corrected chi connectivity index (χ1v) is 8.37. The highest BCUT2D eigenvalue weighted by atomic mass is 79.9. The quantitative estimate of drug-likeness (QED) is 0.511. The van der Waals surface area contributed by atoms with Crippen molar-refractivity contribution < 1.29 is 13.9 Å². The van der Waals surface area contributed by atoms with E-state index < -0.39 is 12.1 Å². The number of benzene rings is 1. The van der Waals surface area contributed by atoms with Gasteiger partial charge in [0.25, 0.3) is 0 Å². The molecule has 0 bridgehead atoms. The lowest BCUT2D eigenvalue weighted by Crippen LogP contribution is -2.08. The van der Waals surface area contributed by atoms with Crippen molar-refractivity contribution in [1.29, 1.82) is 0 Å². The molecule has 0 saturated carbocycles. The number of hydrogen-bond acceptors (Lipinski definition) is 4. The van der Waals surface area contributed by atoms with Crippen molar-refractivity contribution in [2.75, 3.05) is 0 Å². The molecule has 1 atom stereocenters. The maximum Gasteiger partial charge on any atom is 0.331 e. The molecule has 1 unspecified atom stereocenters. The van der Waals surface area contributed by atoms with E-state index in [-0.39, 0.29) is 5.82 Å². The second kappa shape index (κ2) is 7.14. The van der Waals surface area contributed by atoms with Crippen molar-refractivity contribution in [3.8, 4) is 0 Å². The zero-order valence-corrected chi connectivity index (χ0v) is 15.2. The minimum absolute atomic E-state index is 0.321. The summed E-state index contributed by atoms with van der Waals surface area (Å²) in [6.45, 7) is 3.49.